The van der Waals surface area contributed by atoms with Gasteiger partial charge in [-0.3, -0.25) is 14.9 Å². The number of hydrogen-bond acceptors (Lipinski definition) is 8. The number of nitro benzene ring substituents is 1. The highest BCUT2D eigenvalue weighted by Crippen LogP contribution is 2.39. The number of aliphatic hydroxyl groups is 1. The van der Waals surface area contributed by atoms with Gasteiger partial charge in [-0.15, -0.1) is 0 Å². The van der Waals surface area contributed by atoms with Crippen LogP contribution < -0.4 is 9.47 Å². The van der Waals surface area contributed by atoms with Crippen LogP contribution in [-0.4, -0.2) is 34.7 Å². The lowest BCUT2D eigenvalue weighted by Crippen LogP contribution is -2.24. The molecule has 48 heavy (non-hydrogen) atoms. The molecule has 3 aromatic carbocycles. The van der Waals surface area contributed by atoms with E-state index in [2.05, 4.69) is 38.1 Å². The van der Waals surface area contributed by atoms with Crippen LogP contribution in [0.15, 0.2) is 65.0 Å². The number of allylic oxidation sites excluding steroid dienone is 2. The summed E-state index contributed by atoms with van der Waals surface area (Å²) in [6.45, 7) is 12.3. The Bertz CT molecular complexity index is 1700. The topological polar surface area (TPSA) is 120 Å². The first kappa shape index (κ1) is 37.9. The van der Waals surface area contributed by atoms with Gasteiger partial charge in [-0.25, -0.2) is 0 Å². The van der Waals surface area contributed by atoms with Crippen LogP contribution in [0.5, 0.6) is 17.2 Å². The normalized spacial score (nSPS) is 15.1. The molecule has 1 N–H and O–H groups in total. The maximum Gasteiger partial charge on any atom is 0.416 e. The molecule has 9 nitrogen and oxygen atoms in total. The summed E-state index contributed by atoms with van der Waals surface area (Å²) in [5.74, 6) is 0.223. The lowest BCUT2D eigenvalue weighted by atomic mass is 9.78. The third-order valence-electron chi connectivity index (χ3n) is 7.43. The fourth-order valence-corrected chi connectivity index (χ4v) is 5.78. The number of carbonyl (C=O) groups excluding carboxylic acids is 1. The predicted octanol–water partition coefficient (Wildman–Crippen LogP) is 10.1. The third kappa shape index (κ3) is 9.50. The molecule has 0 bridgehead atoms. The van der Waals surface area contributed by atoms with Crippen molar-refractivity contribution in [2.75, 3.05) is 13.2 Å². The molecule has 0 heterocycles. The van der Waals surface area contributed by atoms with Gasteiger partial charge in [0.25, 0.3) is 0 Å². The van der Waals surface area contributed by atoms with Gasteiger partial charge in [0.15, 0.2) is 5.78 Å². The number of aryl methyl sites for hydroxylation is 3. The SMILES string of the molecule is CCO/N=C(\CC)C1=C(O)CC(c2c(C)cc(C)cc2C)CC1=O.CCOc1cc(Oc2ccc(C(F)(F)F)cc2Cl)ccc1[N+](=O)[O-]. The van der Waals surface area contributed by atoms with Gasteiger partial charge in [0.05, 0.1) is 33.4 Å². The Morgan fingerprint density at radius 2 is 1.67 bits per heavy atom. The van der Waals surface area contributed by atoms with Crippen molar-refractivity contribution in [2.45, 2.75) is 72.9 Å². The number of Topliss-reactive ketones (excluding diaryl/α,β-unsaturated/α-hetero) is 1. The molecular formula is C35H38ClF3N2O7. The van der Waals surface area contributed by atoms with Crippen LogP contribution in [0, 0.1) is 30.9 Å². The van der Waals surface area contributed by atoms with Crippen molar-refractivity contribution in [3.8, 4) is 17.2 Å². The molecular weight excluding hydrogens is 653 g/mol. The Kier molecular flexibility index (Phi) is 13.0. The monoisotopic (exact) mass is 690 g/mol. The van der Waals surface area contributed by atoms with Crippen molar-refractivity contribution in [3.05, 3.63) is 103 Å². The molecule has 258 valence electrons. The van der Waals surface area contributed by atoms with Gasteiger partial charge in [-0.05, 0) is 87.9 Å². The van der Waals surface area contributed by atoms with Gasteiger partial charge in [-0.1, -0.05) is 41.4 Å². The zero-order valence-electron chi connectivity index (χ0n) is 27.5. The number of aliphatic hydroxyl groups excluding tert-OH is 1. The summed E-state index contributed by atoms with van der Waals surface area (Å²) < 4.78 is 48.4. The van der Waals surface area contributed by atoms with E-state index < -0.39 is 16.7 Å². The van der Waals surface area contributed by atoms with Crippen LogP contribution in [0.25, 0.3) is 0 Å². The predicted molar refractivity (Wildman–Crippen MR) is 177 cm³/mol. The molecule has 1 atom stereocenters. The van der Waals surface area contributed by atoms with Gasteiger partial charge in [0.1, 0.15) is 23.9 Å². The molecule has 0 amide bonds. The van der Waals surface area contributed by atoms with Gasteiger partial charge < -0.3 is 19.4 Å². The van der Waals surface area contributed by atoms with Crippen LogP contribution in [0.4, 0.5) is 18.9 Å². The number of alkyl halides is 3. The summed E-state index contributed by atoms with van der Waals surface area (Å²) in [6.07, 6.45) is -3.09. The number of nitrogens with zero attached hydrogens (tertiary/aromatic N) is 2. The molecule has 4 rings (SSSR count). The lowest BCUT2D eigenvalue weighted by molar-refractivity contribution is -0.385. The van der Waals surface area contributed by atoms with Crippen LogP contribution >= 0.6 is 11.6 Å². The Morgan fingerprint density at radius 1 is 1.00 bits per heavy atom. The largest absolute Gasteiger partial charge is 0.511 e. The number of halogens is 4. The Morgan fingerprint density at radius 3 is 2.19 bits per heavy atom. The highest BCUT2D eigenvalue weighted by molar-refractivity contribution is 6.32. The van der Waals surface area contributed by atoms with Crippen LogP contribution in [-0.2, 0) is 15.8 Å². The van der Waals surface area contributed by atoms with Crippen molar-refractivity contribution in [1.29, 1.82) is 0 Å². The number of oxime groups is 1. The van der Waals surface area contributed by atoms with Gasteiger partial charge in [0, 0.05) is 25.0 Å². The number of hydrogen-bond donors (Lipinski definition) is 1. The van der Waals surface area contributed by atoms with Crippen LogP contribution in [0.1, 0.15) is 73.8 Å². The number of benzene rings is 3. The summed E-state index contributed by atoms with van der Waals surface area (Å²) in [7, 11) is 0. The molecule has 0 fully saturated rings. The second-order valence-electron chi connectivity index (χ2n) is 11.0. The first-order chi connectivity index (χ1) is 22.6. The van der Waals surface area contributed by atoms with E-state index in [1.165, 1.54) is 40.5 Å². The molecule has 1 unspecified atom stereocenters. The quantitative estimate of drug-likeness (QED) is 0.128. The van der Waals surface area contributed by atoms with Crippen molar-refractivity contribution >= 4 is 28.8 Å². The summed E-state index contributed by atoms with van der Waals surface area (Å²) in [5.41, 5.74) is 4.49. The van der Waals surface area contributed by atoms with E-state index in [1.54, 1.807) is 6.92 Å². The highest BCUT2D eigenvalue weighted by Gasteiger charge is 2.33. The van der Waals surface area contributed by atoms with Crippen LogP contribution in [0.3, 0.4) is 0 Å². The minimum absolute atomic E-state index is 0.0111. The maximum absolute atomic E-state index is 12.7. The molecule has 13 heteroatoms. The molecule has 1 aliphatic carbocycles. The number of ketones is 1. The minimum Gasteiger partial charge on any atom is -0.511 e. The average Bonchev–Trinajstić information content (AvgIpc) is 2.99. The maximum atomic E-state index is 12.7. The fourth-order valence-electron chi connectivity index (χ4n) is 5.56. The number of nitro groups is 1. The van der Waals surface area contributed by atoms with E-state index in [1.807, 2.05) is 13.8 Å². The van der Waals surface area contributed by atoms with Crippen molar-refractivity contribution in [2.24, 2.45) is 5.16 Å². The van der Waals surface area contributed by atoms with Gasteiger partial charge in [-0.2, -0.15) is 13.2 Å². The van der Waals surface area contributed by atoms with E-state index in [0.29, 0.717) is 37.2 Å². The molecule has 1 aliphatic rings. The summed E-state index contributed by atoms with van der Waals surface area (Å²) in [4.78, 5) is 28.1. The number of carbonyl (C=O) groups is 1. The zero-order valence-corrected chi connectivity index (χ0v) is 28.3. The van der Waals surface area contributed by atoms with Crippen molar-refractivity contribution in [1.82, 2.24) is 0 Å². The molecule has 0 saturated carbocycles. The Hall–Kier alpha value is -4.58. The third-order valence-corrected chi connectivity index (χ3v) is 7.72. The smallest absolute Gasteiger partial charge is 0.416 e. The van der Waals surface area contributed by atoms with E-state index >= 15 is 0 Å². The van der Waals surface area contributed by atoms with Gasteiger partial charge in [0.2, 0.25) is 5.75 Å². The second kappa shape index (κ2) is 16.5. The minimum atomic E-state index is -4.52. The number of ether oxygens (including phenoxy) is 2. The summed E-state index contributed by atoms with van der Waals surface area (Å²) in [5, 5.41) is 25.2. The standard InChI is InChI=1S/C20H27NO3.C15H11ClF3NO4/c1-6-16(21-24-7-2)20-17(22)10-15(11-18(20)23)19-13(4)8-12(3)9-14(19)5;1-2-23-14-8-10(4-5-12(14)20(21)22)24-13-6-3-9(7-11(13)16)15(17,18)19/h8-9,15,22H,6-7,10-11H2,1-5H3;3-8H,2H2,1H3/b21-16+;. The zero-order chi connectivity index (χ0) is 35.8. The molecule has 0 aromatic heterocycles. The molecule has 0 saturated heterocycles. The lowest BCUT2D eigenvalue weighted by Gasteiger charge is -2.27. The first-order valence-electron chi connectivity index (χ1n) is 15.3. The molecule has 0 radical (unpaired) electrons. The summed E-state index contributed by atoms with van der Waals surface area (Å²) >= 11 is 5.80. The molecule has 3 aromatic rings. The van der Waals surface area contributed by atoms with E-state index in [9.17, 15) is 33.2 Å². The summed E-state index contributed by atoms with van der Waals surface area (Å²) in [6, 6.07) is 10.7. The van der Waals surface area contributed by atoms with Crippen LogP contribution in [0.2, 0.25) is 5.02 Å². The Balaban J connectivity index is 0.000000260. The van der Waals surface area contributed by atoms with Gasteiger partial charge >= 0.3 is 11.9 Å². The van der Waals surface area contributed by atoms with Crippen molar-refractivity contribution in [3.63, 3.8) is 0 Å². The number of rotatable bonds is 10. The second-order valence-corrected chi connectivity index (χ2v) is 11.4. The average molecular weight is 691 g/mol. The Labute approximate surface area is 282 Å². The van der Waals surface area contributed by atoms with E-state index in [-0.39, 0.29) is 52.0 Å². The highest BCUT2D eigenvalue weighted by atomic mass is 35.5. The molecule has 0 spiro atoms. The molecule has 0 aliphatic heterocycles. The van der Waals surface area contributed by atoms with E-state index in [0.717, 1.165) is 18.2 Å². The first-order valence-corrected chi connectivity index (χ1v) is 15.7. The fraction of sp³-hybridized carbons (Fsp3) is 0.371. The van der Waals surface area contributed by atoms with Crippen molar-refractivity contribution < 1.29 is 42.3 Å². The van der Waals surface area contributed by atoms with E-state index in [4.69, 9.17) is 25.9 Å².